The van der Waals surface area contributed by atoms with E-state index in [1.165, 1.54) is 36.4 Å². The second-order valence-electron chi connectivity index (χ2n) is 8.73. The van der Waals surface area contributed by atoms with Crippen LogP contribution in [0.15, 0.2) is 48.5 Å². The SMILES string of the molecule is CC(CC(C)(C)c1ccc([N+](=O)[O-])cc1)C(C(=O)O)N(C)CCOc1ccc([N+](=O)[O-])cc1. The predicted octanol–water partition coefficient (Wildman–Crippen LogP) is 4.27. The highest BCUT2D eigenvalue weighted by Gasteiger charge is 2.34. The molecule has 0 aromatic heterocycles. The van der Waals surface area contributed by atoms with Gasteiger partial charge in [0.15, 0.2) is 0 Å². The summed E-state index contributed by atoms with van der Waals surface area (Å²) in [5, 5.41) is 31.5. The highest BCUT2D eigenvalue weighted by atomic mass is 16.6. The van der Waals surface area contributed by atoms with Crippen LogP contribution in [0.3, 0.4) is 0 Å². The number of carboxylic acid groups (broad SMARTS) is 1. The average Bonchev–Trinajstić information content (AvgIpc) is 2.73. The maximum atomic E-state index is 12.0. The van der Waals surface area contributed by atoms with E-state index in [4.69, 9.17) is 4.74 Å². The van der Waals surface area contributed by atoms with Crippen molar-refractivity contribution >= 4 is 17.3 Å². The van der Waals surface area contributed by atoms with E-state index >= 15 is 0 Å². The van der Waals surface area contributed by atoms with Gasteiger partial charge in [0.2, 0.25) is 0 Å². The number of nitro benzene ring substituents is 2. The molecule has 0 aliphatic rings. The lowest BCUT2D eigenvalue weighted by Crippen LogP contribution is -2.46. The van der Waals surface area contributed by atoms with Crippen molar-refractivity contribution in [2.45, 2.75) is 38.6 Å². The summed E-state index contributed by atoms with van der Waals surface area (Å²) in [6, 6.07) is 11.3. The Morgan fingerprint density at radius 2 is 1.52 bits per heavy atom. The van der Waals surface area contributed by atoms with Gasteiger partial charge in [-0.05, 0) is 42.5 Å². The van der Waals surface area contributed by atoms with Gasteiger partial charge in [-0.25, -0.2) is 0 Å². The molecule has 1 N–H and O–H groups in total. The van der Waals surface area contributed by atoms with Gasteiger partial charge in [-0.3, -0.25) is 29.9 Å². The van der Waals surface area contributed by atoms with Gasteiger partial charge in [-0.15, -0.1) is 0 Å². The van der Waals surface area contributed by atoms with Crippen LogP contribution in [0.2, 0.25) is 0 Å². The van der Waals surface area contributed by atoms with Crippen molar-refractivity contribution in [3.05, 3.63) is 74.3 Å². The minimum absolute atomic E-state index is 0.0127. The van der Waals surface area contributed by atoms with E-state index in [2.05, 4.69) is 0 Å². The molecule has 0 heterocycles. The van der Waals surface area contributed by atoms with Crippen molar-refractivity contribution in [3.63, 3.8) is 0 Å². The molecular formula is C23H29N3O7. The minimum Gasteiger partial charge on any atom is -0.492 e. The van der Waals surface area contributed by atoms with Crippen LogP contribution in [0.5, 0.6) is 5.75 Å². The standard InChI is InChI=1S/C23H29N3O7/c1-16(15-23(2,3)17-5-7-18(8-6-17)25(29)30)21(22(27)28)24(4)13-14-33-20-11-9-19(10-12-20)26(31)32/h5-12,16,21H,13-15H2,1-4H3,(H,27,28). The molecule has 0 saturated carbocycles. The number of nitro groups is 2. The Labute approximate surface area is 192 Å². The molecule has 0 saturated heterocycles. The largest absolute Gasteiger partial charge is 0.492 e. The Hall–Kier alpha value is -3.53. The third-order valence-corrected chi connectivity index (χ3v) is 5.72. The van der Waals surface area contributed by atoms with Gasteiger partial charge in [-0.2, -0.15) is 0 Å². The first kappa shape index (κ1) is 25.7. The highest BCUT2D eigenvalue weighted by Crippen LogP contribution is 2.33. The normalized spacial score (nSPS) is 13.4. The van der Waals surface area contributed by atoms with Crippen LogP contribution in [-0.2, 0) is 10.2 Å². The minimum atomic E-state index is -0.945. The number of ether oxygens (including phenoxy) is 1. The summed E-state index contributed by atoms with van der Waals surface area (Å²) in [6.07, 6.45) is 0.551. The molecular weight excluding hydrogens is 430 g/mol. The first-order valence-electron chi connectivity index (χ1n) is 10.5. The number of carbonyl (C=O) groups is 1. The average molecular weight is 459 g/mol. The Morgan fingerprint density at radius 3 is 1.97 bits per heavy atom. The molecule has 0 spiro atoms. The summed E-state index contributed by atoms with van der Waals surface area (Å²) in [4.78, 5) is 34.4. The van der Waals surface area contributed by atoms with Crippen LogP contribution in [0.25, 0.3) is 0 Å². The Balaban J connectivity index is 1.99. The molecule has 2 atom stereocenters. The lowest BCUT2D eigenvalue weighted by atomic mass is 9.75. The van der Waals surface area contributed by atoms with Crippen molar-refractivity contribution in [2.24, 2.45) is 5.92 Å². The van der Waals surface area contributed by atoms with Crippen LogP contribution in [0.4, 0.5) is 11.4 Å². The zero-order chi connectivity index (χ0) is 24.8. The third-order valence-electron chi connectivity index (χ3n) is 5.72. The quantitative estimate of drug-likeness (QED) is 0.367. The van der Waals surface area contributed by atoms with Crippen molar-refractivity contribution < 1.29 is 24.5 Å². The van der Waals surface area contributed by atoms with Crippen LogP contribution >= 0.6 is 0 Å². The van der Waals surface area contributed by atoms with Crippen LogP contribution in [0.1, 0.15) is 32.8 Å². The fourth-order valence-electron chi connectivity index (χ4n) is 4.05. The molecule has 0 aliphatic heterocycles. The number of hydrogen-bond acceptors (Lipinski definition) is 7. The number of aliphatic carboxylic acids is 1. The number of carboxylic acids is 1. The van der Waals surface area contributed by atoms with Gasteiger partial charge in [0.25, 0.3) is 11.4 Å². The summed E-state index contributed by atoms with van der Waals surface area (Å²) in [5.74, 6) is -0.704. The second-order valence-corrected chi connectivity index (χ2v) is 8.73. The Morgan fingerprint density at radius 1 is 1.03 bits per heavy atom. The smallest absolute Gasteiger partial charge is 0.321 e. The van der Waals surface area contributed by atoms with Gasteiger partial charge in [0.05, 0.1) is 9.85 Å². The van der Waals surface area contributed by atoms with E-state index in [1.54, 1.807) is 24.1 Å². The summed E-state index contributed by atoms with van der Waals surface area (Å²) in [7, 11) is 1.72. The molecule has 0 radical (unpaired) electrons. The summed E-state index contributed by atoms with van der Waals surface area (Å²) < 4.78 is 5.61. The van der Waals surface area contributed by atoms with E-state index in [0.717, 1.165) is 5.56 Å². The fourth-order valence-corrected chi connectivity index (χ4v) is 4.05. The van der Waals surface area contributed by atoms with Crippen molar-refractivity contribution in [3.8, 4) is 5.75 Å². The molecule has 0 fully saturated rings. The Kier molecular flexibility index (Phi) is 8.47. The molecule has 2 unspecified atom stereocenters. The second kappa shape index (κ2) is 10.9. The number of benzene rings is 2. The molecule has 2 aromatic carbocycles. The highest BCUT2D eigenvalue weighted by molar-refractivity contribution is 5.73. The van der Waals surface area contributed by atoms with E-state index in [1.807, 2.05) is 20.8 Å². The van der Waals surface area contributed by atoms with Crippen molar-refractivity contribution in [1.82, 2.24) is 4.90 Å². The number of likely N-dealkylation sites (N-methyl/N-ethyl adjacent to an activating group) is 1. The molecule has 0 aliphatic carbocycles. The van der Waals surface area contributed by atoms with Gasteiger partial charge in [-0.1, -0.05) is 32.9 Å². The van der Waals surface area contributed by atoms with Crippen molar-refractivity contribution in [2.75, 3.05) is 20.2 Å². The molecule has 2 aromatic rings. The molecule has 10 heteroatoms. The zero-order valence-corrected chi connectivity index (χ0v) is 19.1. The maximum Gasteiger partial charge on any atom is 0.321 e. The molecule has 33 heavy (non-hydrogen) atoms. The summed E-state index contributed by atoms with van der Waals surface area (Å²) >= 11 is 0. The van der Waals surface area contributed by atoms with E-state index in [0.29, 0.717) is 18.7 Å². The molecule has 0 bridgehead atoms. The first-order valence-corrected chi connectivity index (χ1v) is 10.5. The predicted molar refractivity (Wildman–Crippen MR) is 123 cm³/mol. The van der Waals surface area contributed by atoms with Crippen LogP contribution < -0.4 is 4.74 Å². The third kappa shape index (κ3) is 6.98. The lowest BCUT2D eigenvalue weighted by Gasteiger charge is -2.35. The van der Waals surface area contributed by atoms with Crippen molar-refractivity contribution in [1.29, 1.82) is 0 Å². The Bertz CT molecular complexity index is 975. The maximum absolute atomic E-state index is 12.0. The number of nitrogens with zero attached hydrogens (tertiary/aromatic N) is 3. The fraction of sp³-hybridized carbons (Fsp3) is 0.435. The number of non-ortho nitro benzene ring substituents is 2. The molecule has 178 valence electrons. The summed E-state index contributed by atoms with van der Waals surface area (Å²) in [5.41, 5.74) is 0.486. The van der Waals surface area contributed by atoms with E-state index in [9.17, 15) is 30.1 Å². The molecule has 2 rings (SSSR count). The zero-order valence-electron chi connectivity index (χ0n) is 19.1. The topological polar surface area (TPSA) is 136 Å². The van der Waals surface area contributed by atoms with Crippen LogP contribution in [-0.4, -0.2) is 52.1 Å². The van der Waals surface area contributed by atoms with Gasteiger partial charge >= 0.3 is 5.97 Å². The first-order chi connectivity index (χ1) is 15.4. The molecule has 0 amide bonds. The van der Waals surface area contributed by atoms with Gasteiger partial charge in [0, 0.05) is 30.8 Å². The molecule has 10 nitrogen and oxygen atoms in total. The summed E-state index contributed by atoms with van der Waals surface area (Å²) in [6.45, 7) is 6.41. The lowest BCUT2D eigenvalue weighted by molar-refractivity contribution is -0.385. The van der Waals surface area contributed by atoms with Gasteiger partial charge < -0.3 is 9.84 Å². The number of rotatable bonds is 12. The monoisotopic (exact) mass is 459 g/mol. The van der Waals surface area contributed by atoms with Crippen LogP contribution in [0, 0.1) is 26.1 Å². The van der Waals surface area contributed by atoms with Gasteiger partial charge in [0.1, 0.15) is 18.4 Å². The van der Waals surface area contributed by atoms with E-state index < -0.39 is 27.3 Å². The van der Waals surface area contributed by atoms with E-state index in [-0.39, 0.29) is 23.9 Å². The number of hydrogen-bond donors (Lipinski definition) is 1.